The van der Waals surface area contributed by atoms with Crippen LogP contribution < -0.4 is 4.90 Å². The van der Waals surface area contributed by atoms with E-state index >= 15 is 0 Å². The third kappa shape index (κ3) is 2.48. The van der Waals surface area contributed by atoms with Crippen LogP contribution in [-0.2, 0) is 4.79 Å². The van der Waals surface area contributed by atoms with Crippen LogP contribution in [0.5, 0.6) is 0 Å². The molecule has 1 fully saturated rings. The Balaban J connectivity index is 1.68. The highest BCUT2D eigenvalue weighted by atomic mass is 35.5. The second-order valence-electron chi connectivity index (χ2n) is 8.81. The van der Waals surface area contributed by atoms with Crippen LogP contribution in [0.3, 0.4) is 0 Å². The second kappa shape index (κ2) is 6.96. The molecule has 0 amide bonds. The first-order valence-electron chi connectivity index (χ1n) is 10.8. The van der Waals surface area contributed by atoms with Crippen molar-refractivity contribution >= 4 is 40.7 Å². The summed E-state index contributed by atoms with van der Waals surface area (Å²) in [5.41, 5.74) is 1.70. The van der Waals surface area contributed by atoms with Crippen molar-refractivity contribution in [1.29, 1.82) is 0 Å². The van der Waals surface area contributed by atoms with Gasteiger partial charge in [0.15, 0.2) is 17.3 Å². The summed E-state index contributed by atoms with van der Waals surface area (Å²) in [6.07, 6.45) is 7.09. The van der Waals surface area contributed by atoms with Crippen LogP contribution in [0.2, 0.25) is 5.02 Å². The smallest absolute Gasteiger partial charge is 0.180 e. The number of aromatic nitrogens is 1. The van der Waals surface area contributed by atoms with E-state index < -0.39 is 23.4 Å². The van der Waals surface area contributed by atoms with Crippen LogP contribution >= 0.6 is 11.6 Å². The highest BCUT2D eigenvalue weighted by molar-refractivity contribution is 6.32. The molecule has 1 saturated heterocycles. The predicted molar refractivity (Wildman–Crippen MR) is 126 cm³/mol. The maximum Gasteiger partial charge on any atom is 0.180 e. The number of hydrogen-bond donors (Lipinski definition) is 0. The first kappa shape index (κ1) is 20.1. The summed E-state index contributed by atoms with van der Waals surface area (Å²) < 4.78 is 0. The summed E-state index contributed by atoms with van der Waals surface area (Å²) in [6, 6.07) is 14.7. The fraction of sp³-hybridized carbons (Fsp3) is 0.185. The van der Waals surface area contributed by atoms with Gasteiger partial charge in [0.2, 0.25) is 0 Å². The lowest BCUT2D eigenvalue weighted by atomic mass is 9.64. The van der Waals surface area contributed by atoms with Crippen LogP contribution in [0.1, 0.15) is 44.7 Å². The van der Waals surface area contributed by atoms with Gasteiger partial charge in [-0.3, -0.25) is 19.4 Å². The number of hydrogen-bond acceptors (Lipinski definition) is 5. The summed E-state index contributed by atoms with van der Waals surface area (Å²) in [7, 11) is 0. The fourth-order valence-electron chi connectivity index (χ4n) is 6.03. The van der Waals surface area contributed by atoms with E-state index in [0.717, 1.165) is 11.3 Å². The molecule has 33 heavy (non-hydrogen) atoms. The maximum absolute atomic E-state index is 14.2. The number of pyridine rings is 1. The average molecular weight is 455 g/mol. The molecule has 0 saturated carbocycles. The molecule has 3 atom stereocenters. The van der Waals surface area contributed by atoms with E-state index in [4.69, 9.17) is 11.6 Å². The average Bonchev–Trinajstić information content (AvgIpc) is 3.26. The zero-order chi connectivity index (χ0) is 22.9. The van der Waals surface area contributed by atoms with Crippen molar-refractivity contribution in [2.75, 3.05) is 4.90 Å². The fourth-order valence-corrected chi connectivity index (χ4v) is 6.21. The van der Waals surface area contributed by atoms with E-state index in [2.05, 4.69) is 4.98 Å². The molecular formula is C27H19ClN2O3. The zero-order valence-corrected chi connectivity index (χ0v) is 18.5. The van der Waals surface area contributed by atoms with E-state index in [0.29, 0.717) is 21.7 Å². The first-order chi connectivity index (χ1) is 16.0. The molecule has 1 aliphatic carbocycles. The molecule has 0 bridgehead atoms. The van der Waals surface area contributed by atoms with Gasteiger partial charge in [0.1, 0.15) is 5.41 Å². The summed E-state index contributed by atoms with van der Waals surface area (Å²) in [4.78, 5) is 47.8. The van der Waals surface area contributed by atoms with Crippen molar-refractivity contribution in [3.63, 3.8) is 0 Å². The number of carbonyl (C=O) groups excluding carboxylic acids is 3. The summed E-state index contributed by atoms with van der Waals surface area (Å²) in [6.45, 7) is 1.52. The Hall–Kier alpha value is -3.57. The van der Waals surface area contributed by atoms with E-state index in [9.17, 15) is 14.4 Å². The van der Waals surface area contributed by atoms with Crippen LogP contribution in [0, 0.1) is 5.41 Å². The SMILES string of the molecule is CC(=O)[C@H]1[C@H](c2cccnc2)C2(C(=O)c3ccccc3C2=O)C2C=Cc3cc(Cl)ccc3N21. The van der Waals surface area contributed by atoms with Crippen LogP contribution in [-0.4, -0.2) is 34.4 Å². The van der Waals surface area contributed by atoms with Crippen molar-refractivity contribution in [3.05, 3.63) is 100 Å². The summed E-state index contributed by atoms with van der Waals surface area (Å²) in [5.74, 6) is -1.28. The van der Waals surface area contributed by atoms with Crippen molar-refractivity contribution in [2.24, 2.45) is 5.41 Å². The van der Waals surface area contributed by atoms with Gasteiger partial charge >= 0.3 is 0 Å². The quantitative estimate of drug-likeness (QED) is 0.522. The predicted octanol–water partition coefficient (Wildman–Crippen LogP) is 4.76. The van der Waals surface area contributed by atoms with Crippen molar-refractivity contribution in [2.45, 2.75) is 24.9 Å². The first-order valence-corrected chi connectivity index (χ1v) is 11.2. The van der Waals surface area contributed by atoms with Crippen LogP contribution in [0.4, 0.5) is 5.69 Å². The van der Waals surface area contributed by atoms with Gasteiger partial charge in [-0.05, 0) is 42.3 Å². The number of fused-ring (bicyclic) bond motifs is 5. The Bertz CT molecular complexity index is 1350. The van der Waals surface area contributed by atoms with Gasteiger partial charge < -0.3 is 4.90 Å². The Kier molecular flexibility index (Phi) is 4.23. The minimum atomic E-state index is -1.46. The molecule has 3 aromatic rings. The van der Waals surface area contributed by atoms with Crippen molar-refractivity contribution < 1.29 is 14.4 Å². The molecule has 162 valence electrons. The second-order valence-corrected chi connectivity index (χ2v) is 9.24. The minimum absolute atomic E-state index is 0.113. The standard InChI is InChI=1S/C27H19ClN2O3/c1-15(31)24-23(17-5-4-12-29-14-17)27(25(32)19-6-2-3-7-20(19)26(27)33)22-11-8-16-13-18(28)9-10-21(16)30(22)24/h2-14,22-24H,1H3/t22?,23-,24-/m0/s1. The van der Waals surface area contributed by atoms with Gasteiger partial charge in [-0.2, -0.15) is 0 Å². The Morgan fingerprint density at radius 2 is 1.76 bits per heavy atom. The molecule has 0 N–H and O–H groups in total. The summed E-state index contributed by atoms with van der Waals surface area (Å²) in [5, 5.41) is 0.578. The van der Waals surface area contributed by atoms with E-state index in [1.54, 1.807) is 48.8 Å². The number of halogens is 1. The lowest BCUT2D eigenvalue weighted by Gasteiger charge is -2.37. The van der Waals surface area contributed by atoms with E-state index in [-0.39, 0.29) is 17.3 Å². The molecule has 6 rings (SSSR count). The van der Waals surface area contributed by atoms with Crippen molar-refractivity contribution in [3.8, 4) is 0 Å². The van der Waals surface area contributed by atoms with Crippen molar-refractivity contribution in [1.82, 2.24) is 4.98 Å². The number of benzene rings is 2. The zero-order valence-electron chi connectivity index (χ0n) is 17.7. The molecule has 3 heterocycles. The molecular weight excluding hydrogens is 436 g/mol. The number of anilines is 1. The normalized spacial score (nSPS) is 24.1. The molecule has 5 nitrogen and oxygen atoms in total. The molecule has 2 aromatic carbocycles. The Labute approximate surface area is 195 Å². The van der Waals surface area contributed by atoms with Gasteiger partial charge in [0.05, 0.1) is 12.1 Å². The maximum atomic E-state index is 14.2. The molecule has 3 aliphatic rings. The monoisotopic (exact) mass is 454 g/mol. The number of rotatable bonds is 2. The topological polar surface area (TPSA) is 67.3 Å². The number of Topliss-reactive ketones (excluding diaryl/α,β-unsaturated/α-hetero) is 3. The molecule has 6 heteroatoms. The molecule has 1 aromatic heterocycles. The molecule has 1 unspecified atom stereocenters. The summed E-state index contributed by atoms with van der Waals surface area (Å²) >= 11 is 6.24. The number of carbonyl (C=O) groups is 3. The van der Waals surface area contributed by atoms with Gasteiger partial charge in [-0.25, -0.2) is 0 Å². The lowest BCUT2D eigenvalue weighted by molar-refractivity contribution is -0.118. The third-order valence-corrected chi connectivity index (χ3v) is 7.46. The highest BCUT2D eigenvalue weighted by Crippen LogP contribution is 2.60. The molecule has 1 spiro atoms. The third-order valence-electron chi connectivity index (χ3n) is 7.23. The lowest BCUT2D eigenvalue weighted by Crippen LogP contribution is -2.48. The van der Waals surface area contributed by atoms with E-state index in [1.807, 2.05) is 35.3 Å². The van der Waals surface area contributed by atoms with Gasteiger partial charge in [-0.1, -0.05) is 54.1 Å². The van der Waals surface area contributed by atoms with Crippen LogP contribution in [0.15, 0.2) is 73.1 Å². The largest absolute Gasteiger partial charge is 0.352 e. The van der Waals surface area contributed by atoms with Crippen LogP contribution in [0.25, 0.3) is 6.08 Å². The Morgan fingerprint density at radius 3 is 2.39 bits per heavy atom. The number of nitrogens with zero attached hydrogens (tertiary/aromatic N) is 2. The highest BCUT2D eigenvalue weighted by Gasteiger charge is 2.71. The van der Waals surface area contributed by atoms with Gasteiger partial charge in [0.25, 0.3) is 0 Å². The molecule has 2 aliphatic heterocycles. The van der Waals surface area contributed by atoms with E-state index in [1.165, 1.54) is 6.92 Å². The van der Waals surface area contributed by atoms with Gasteiger partial charge in [0, 0.05) is 40.1 Å². The number of ketones is 3. The van der Waals surface area contributed by atoms with Gasteiger partial charge in [-0.15, -0.1) is 0 Å². The minimum Gasteiger partial charge on any atom is -0.352 e. The molecule has 0 radical (unpaired) electrons. The Morgan fingerprint density at radius 1 is 1.03 bits per heavy atom.